The molecule has 0 aliphatic rings. The van der Waals surface area contributed by atoms with E-state index < -0.39 is 15.9 Å². The van der Waals surface area contributed by atoms with Gasteiger partial charge in [0.25, 0.3) is 0 Å². The van der Waals surface area contributed by atoms with Crippen LogP contribution in [0.2, 0.25) is 5.02 Å². The van der Waals surface area contributed by atoms with Crippen molar-refractivity contribution < 1.29 is 13.2 Å². The van der Waals surface area contributed by atoms with Crippen LogP contribution in [0, 0.1) is 0 Å². The Kier molecular flexibility index (Phi) is 9.26. The van der Waals surface area contributed by atoms with E-state index in [2.05, 4.69) is 10.6 Å². The molecule has 0 saturated heterocycles. The first-order chi connectivity index (χ1) is 12.3. The van der Waals surface area contributed by atoms with Crippen molar-refractivity contribution in [1.82, 2.24) is 10.6 Å². The molecule has 0 spiro atoms. The molecule has 1 unspecified atom stereocenters. The van der Waals surface area contributed by atoms with Gasteiger partial charge in [-0.3, -0.25) is 4.79 Å². The fourth-order valence-electron chi connectivity index (χ4n) is 2.60. The van der Waals surface area contributed by atoms with Crippen molar-refractivity contribution in [3.05, 3.63) is 64.7 Å². The monoisotopic (exact) mass is 430 g/mol. The maximum Gasteiger partial charge on any atom is 0.220 e. The zero-order chi connectivity index (χ0) is 19.2. The molecule has 148 valence electrons. The number of carbonyl (C=O) groups excluding carboxylic acids is 1. The Morgan fingerprint density at radius 2 is 1.78 bits per heavy atom. The van der Waals surface area contributed by atoms with Crippen molar-refractivity contribution in [1.29, 1.82) is 0 Å². The quantitative estimate of drug-likeness (QED) is 0.629. The van der Waals surface area contributed by atoms with Crippen LogP contribution >= 0.6 is 24.0 Å². The second-order valence-corrected chi connectivity index (χ2v) is 8.56. The SMILES string of the molecule is CNCCCC(=O)NC(c1ccc(Cl)cc1)c1cccc(S(C)(=O)=O)c1.Cl. The Bertz CT molecular complexity index is 856. The summed E-state index contributed by atoms with van der Waals surface area (Å²) >= 11 is 5.96. The summed E-state index contributed by atoms with van der Waals surface area (Å²) in [6.07, 6.45) is 2.27. The van der Waals surface area contributed by atoms with Gasteiger partial charge in [-0.25, -0.2) is 8.42 Å². The van der Waals surface area contributed by atoms with E-state index in [1.165, 1.54) is 6.26 Å². The van der Waals surface area contributed by atoms with Crippen LogP contribution in [0.5, 0.6) is 0 Å². The predicted molar refractivity (Wildman–Crippen MR) is 111 cm³/mol. The lowest BCUT2D eigenvalue weighted by Crippen LogP contribution is -2.29. The average Bonchev–Trinajstić information content (AvgIpc) is 2.60. The number of hydrogen-bond acceptors (Lipinski definition) is 4. The highest BCUT2D eigenvalue weighted by Crippen LogP contribution is 2.26. The van der Waals surface area contributed by atoms with E-state index in [0.29, 0.717) is 17.0 Å². The summed E-state index contributed by atoms with van der Waals surface area (Å²) in [7, 11) is -1.50. The highest BCUT2D eigenvalue weighted by Gasteiger charge is 2.19. The molecule has 2 aromatic rings. The van der Waals surface area contributed by atoms with E-state index in [9.17, 15) is 13.2 Å². The summed E-state index contributed by atoms with van der Waals surface area (Å²) in [5.41, 5.74) is 1.54. The van der Waals surface area contributed by atoms with E-state index in [1.54, 1.807) is 30.3 Å². The van der Waals surface area contributed by atoms with E-state index in [4.69, 9.17) is 11.6 Å². The molecular weight excluding hydrogens is 407 g/mol. The van der Waals surface area contributed by atoms with Crippen molar-refractivity contribution >= 4 is 39.8 Å². The molecule has 0 aliphatic heterocycles. The summed E-state index contributed by atoms with van der Waals surface area (Å²) < 4.78 is 23.7. The average molecular weight is 431 g/mol. The number of nitrogens with one attached hydrogen (secondary N) is 2. The van der Waals surface area contributed by atoms with Crippen molar-refractivity contribution in [3.63, 3.8) is 0 Å². The normalized spacial score (nSPS) is 12.1. The minimum Gasteiger partial charge on any atom is -0.345 e. The predicted octanol–water partition coefficient (Wildman–Crippen LogP) is 3.37. The largest absolute Gasteiger partial charge is 0.345 e. The third-order valence-corrected chi connectivity index (χ3v) is 5.32. The second-order valence-electron chi connectivity index (χ2n) is 6.10. The van der Waals surface area contributed by atoms with Gasteiger partial charge in [-0.05, 0) is 55.4 Å². The van der Waals surface area contributed by atoms with Crippen LogP contribution < -0.4 is 10.6 Å². The second kappa shape index (κ2) is 10.7. The first-order valence-electron chi connectivity index (χ1n) is 8.30. The first kappa shape index (κ1) is 23.4. The molecule has 0 radical (unpaired) electrons. The van der Waals surface area contributed by atoms with Gasteiger partial charge in [0.2, 0.25) is 5.91 Å². The van der Waals surface area contributed by atoms with Gasteiger partial charge in [-0.2, -0.15) is 0 Å². The number of rotatable bonds is 8. The lowest BCUT2D eigenvalue weighted by molar-refractivity contribution is -0.121. The van der Waals surface area contributed by atoms with Gasteiger partial charge < -0.3 is 10.6 Å². The van der Waals surface area contributed by atoms with E-state index >= 15 is 0 Å². The van der Waals surface area contributed by atoms with Crippen LogP contribution in [-0.2, 0) is 14.6 Å². The summed E-state index contributed by atoms with van der Waals surface area (Å²) in [6, 6.07) is 13.3. The van der Waals surface area contributed by atoms with Gasteiger partial charge in [0.05, 0.1) is 10.9 Å². The molecule has 2 rings (SSSR count). The molecule has 0 aliphatic carbocycles. The molecule has 2 N–H and O–H groups in total. The van der Waals surface area contributed by atoms with Crippen LogP contribution in [0.3, 0.4) is 0 Å². The van der Waals surface area contributed by atoms with Crippen LogP contribution in [0.25, 0.3) is 0 Å². The number of halogens is 2. The molecule has 1 amide bonds. The highest BCUT2D eigenvalue weighted by atomic mass is 35.5. The molecule has 2 aromatic carbocycles. The lowest BCUT2D eigenvalue weighted by atomic mass is 9.98. The van der Waals surface area contributed by atoms with Gasteiger partial charge in [0, 0.05) is 17.7 Å². The molecule has 0 fully saturated rings. The molecule has 1 atom stereocenters. The van der Waals surface area contributed by atoms with E-state index in [0.717, 1.165) is 18.5 Å². The molecule has 27 heavy (non-hydrogen) atoms. The van der Waals surface area contributed by atoms with Crippen molar-refractivity contribution in [2.75, 3.05) is 19.8 Å². The minimum absolute atomic E-state index is 0. The van der Waals surface area contributed by atoms with Crippen molar-refractivity contribution in [3.8, 4) is 0 Å². The van der Waals surface area contributed by atoms with Gasteiger partial charge >= 0.3 is 0 Å². The first-order valence-corrected chi connectivity index (χ1v) is 10.6. The van der Waals surface area contributed by atoms with Gasteiger partial charge in [0.15, 0.2) is 9.84 Å². The molecular formula is C19H24Cl2N2O3S. The highest BCUT2D eigenvalue weighted by molar-refractivity contribution is 7.90. The van der Waals surface area contributed by atoms with Crippen LogP contribution in [-0.4, -0.2) is 34.2 Å². The third kappa shape index (κ3) is 7.14. The molecule has 0 heterocycles. The van der Waals surface area contributed by atoms with Crippen LogP contribution in [0.4, 0.5) is 0 Å². The lowest BCUT2D eigenvalue weighted by Gasteiger charge is -2.20. The Morgan fingerprint density at radius 1 is 1.11 bits per heavy atom. The standard InChI is InChI=1S/C19H23ClN2O3S.ClH/c1-21-12-4-7-18(23)22-19(14-8-10-16(20)11-9-14)15-5-3-6-17(13-15)26(2,24)25;/h3,5-6,8-11,13,19,21H,4,7,12H2,1-2H3,(H,22,23);1H. The maximum atomic E-state index is 12.3. The molecule has 5 nitrogen and oxygen atoms in total. The van der Waals surface area contributed by atoms with Crippen molar-refractivity contribution in [2.24, 2.45) is 0 Å². The van der Waals surface area contributed by atoms with Crippen LogP contribution in [0.15, 0.2) is 53.4 Å². The Hall–Kier alpha value is -1.60. The number of carbonyl (C=O) groups is 1. The fourth-order valence-corrected chi connectivity index (χ4v) is 3.40. The molecule has 0 saturated carbocycles. The van der Waals surface area contributed by atoms with E-state index in [-0.39, 0.29) is 23.2 Å². The summed E-state index contributed by atoms with van der Waals surface area (Å²) in [5.74, 6) is -0.0926. The molecule has 0 bridgehead atoms. The molecule has 0 aromatic heterocycles. The topological polar surface area (TPSA) is 75.3 Å². The van der Waals surface area contributed by atoms with Gasteiger partial charge in [-0.15, -0.1) is 12.4 Å². The zero-order valence-electron chi connectivity index (χ0n) is 15.2. The molecule has 8 heteroatoms. The Balaban J connectivity index is 0.00000364. The fraction of sp³-hybridized carbons (Fsp3) is 0.316. The van der Waals surface area contributed by atoms with Gasteiger partial charge in [-0.1, -0.05) is 35.9 Å². The van der Waals surface area contributed by atoms with Gasteiger partial charge in [0.1, 0.15) is 0 Å². The summed E-state index contributed by atoms with van der Waals surface area (Å²) in [5, 5.41) is 6.61. The number of hydrogen-bond donors (Lipinski definition) is 2. The van der Waals surface area contributed by atoms with Crippen molar-refractivity contribution in [2.45, 2.75) is 23.8 Å². The number of amides is 1. The Morgan fingerprint density at radius 3 is 2.37 bits per heavy atom. The third-order valence-electron chi connectivity index (χ3n) is 3.96. The summed E-state index contributed by atoms with van der Waals surface area (Å²) in [6.45, 7) is 0.753. The van der Waals surface area contributed by atoms with E-state index in [1.807, 2.05) is 25.2 Å². The Labute approximate surface area is 171 Å². The smallest absolute Gasteiger partial charge is 0.220 e. The van der Waals surface area contributed by atoms with Crippen LogP contribution in [0.1, 0.15) is 30.0 Å². The maximum absolute atomic E-state index is 12.3. The zero-order valence-corrected chi connectivity index (χ0v) is 17.6. The number of sulfone groups is 1. The number of benzene rings is 2. The summed E-state index contributed by atoms with van der Waals surface area (Å²) in [4.78, 5) is 12.6. The minimum atomic E-state index is -3.34.